The lowest BCUT2D eigenvalue weighted by Gasteiger charge is -2.32. The highest BCUT2D eigenvalue weighted by Gasteiger charge is 2.25. The van der Waals surface area contributed by atoms with Crippen LogP contribution in [0, 0.1) is 0 Å². The molecule has 1 fully saturated rings. The van der Waals surface area contributed by atoms with Crippen molar-refractivity contribution in [1.82, 2.24) is 9.80 Å². The molecule has 0 spiro atoms. The lowest BCUT2D eigenvalue weighted by atomic mass is 10.1. The molecule has 0 aromatic heterocycles. The van der Waals surface area contributed by atoms with Crippen molar-refractivity contribution >= 4 is 11.6 Å². The maximum absolute atomic E-state index is 12.6. The summed E-state index contributed by atoms with van der Waals surface area (Å²) < 4.78 is 10.5. The van der Waals surface area contributed by atoms with Gasteiger partial charge in [0.2, 0.25) is 0 Å². The van der Waals surface area contributed by atoms with Crippen molar-refractivity contribution in [3.8, 4) is 11.5 Å². The number of rotatable bonds is 3. The maximum atomic E-state index is 12.6. The van der Waals surface area contributed by atoms with Crippen molar-refractivity contribution in [3.63, 3.8) is 0 Å². The number of nitrogens with zero attached hydrogens (tertiary/aromatic N) is 2. The highest BCUT2D eigenvalue weighted by atomic mass is 16.5. The number of benzene rings is 1. The fourth-order valence-electron chi connectivity index (χ4n) is 2.32. The Kier molecular flexibility index (Phi) is 4.34. The van der Waals surface area contributed by atoms with E-state index in [2.05, 4.69) is 4.90 Å². The molecule has 1 heterocycles. The number of hydrogen-bond donors (Lipinski definition) is 1. The molecule has 0 atom stereocenters. The van der Waals surface area contributed by atoms with Gasteiger partial charge in [0.15, 0.2) is 11.5 Å². The van der Waals surface area contributed by atoms with Gasteiger partial charge >= 0.3 is 0 Å². The van der Waals surface area contributed by atoms with E-state index < -0.39 is 0 Å². The van der Waals surface area contributed by atoms with E-state index >= 15 is 0 Å². The zero-order chi connectivity index (χ0) is 14.7. The van der Waals surface area contributed by atoms with Crippen molar-refractivity contribution in [1.29, 1.82) is 0 Å². The molecule has 0 saturated carbocycles. The first-order chi connectivity index (χ1) is 9.56. The van der Waals surface area contributed by atoms with Gasteiger partial charge in [0.25, 0.3) is 5.91 Å². The molecule has 1 aliphatic rings. The molecule has 1 aliphatic heterocycles. The molecule has 0 bridgehead atoms. The molecular formula is C14H21N3O3. The zero-order valence-electron chi connectivity index (χ0n) is 12.2. The van der Waals surface area contributed by atoms with Crippen molar-refractivity contribution in [2.45, 2.75) is 0 Å². The quantitative estimate of drug-likeness (QED) is 0.824. The second-order valence-electron chi connectivity index (χ2n) is 4.90. The third kappa shape index (κ3) is 2.80. The first-order valence-electron chi connectivity index (χ1n) is 6.56. The van der Waals surface area contributed by atoms with Crippen LogP contribution in [0.4, 0.5) is 5.69 Å². The van der Waals surface area contributed by atoms with E-state index in [1.165, 1.54) is 14.2 Å². The molecule has 20 heavy (non-hydrogen) atoms. The van der Waals surface area contributed by atoms with E-state index in [0.29, 0.717) is 35.8 Å². The molecule has 6 nitrogen and oxygen atoms in total. The van der Waals surface area contributed by atoms with Crippen LogP contribution in [0.25, 0.3) is 0 Å². The van der Waals surface area contributed by atoms with Gasteiger partial charge in [0, 0.05) is 37.9 Å². The Morgan fingerprint density at radius 3 is 2.35 bits per heavy atom. The summed E-state index contributed by atoms with van der Waals surface area (Å²) in [6.45, 7) is 3.15. The minimum Gasteiger partial charge on any atom is -0.493 e. The number of carbonyl (C=O) groups excluding carboxylic acids is 1. The molecule has 110 valence electrons. The van der Waals surface area contributed by atoms with Gasteiger partial charge in [-0.05, 0) is 13.1 Å². The molecule has 1 amide bonds. The number of carbonyl (C=O) groups is 1. The van der Waals surface area contributed by atoms with Gasteiger partial charge in [-0.25, -0.2) is 0 Å². The fraction of sp³-hybridized carbons (Fsp3) is 0.500. The highest BCUT2D eigenvalue weighted by Crippen LogP contribution is 2.34. The highest BCUT2D eigenvalue weighted by molar-refractivity contribution is 5.99. The smallest absolute Gasteiger partial charge is 0.257 e. The summed E-state index contributed by atoms with van der Waals surface area (Å²) in [6.07, 6.45) is 0. The van der Waals surface area contributed by atoms with Crippen LogP contribution in [0.15, 0.2) is 12.1 Å². The van der Waals surface area contributed by atoms with E-state index in [0.717, 1.165) is 13.1 Å². The summed E-state index contributed by atoms with van der Waals surface area (Å²) in [4.78, 5) is 16.6. The van der Waals surface area contributed by atoms with Crippen LogP contribution in [0.2, 0.25) is 0 Å². The largest absolute Gasteiger partial charge is 0.493 e. The predicted molar refractivity (Wildman–Crippen MR) is 77.4 cm³/mol. The molecule has 6 heteroatoms. The number of methoxy groups -OCH3 is 2. The van der Waals surface area contributed by atoms with Crippen LogP contribution in [0.5, 0.6) is 11.5 Å². The molecule has 2 N–H and O–H groups in total. The van der Waals surface area contributed by atoms with E-state index in [-0.39, 0.29) is 5.91 Å². The molecular weight excluding hydrogens is 258 g/mol. The Bertz CT molecular complexity index is 497. The SMILES string of the molecule is COc1cc(N)cc(C(=O)N2CCN(C)CC2)c1OC. The predicted octanol–water partition coefficient (Wildman–Crippen LogP) is 0.674. The summed E-state index contributed by atoms with van der Waals surface area (Å²) in [5.74, 6) is 0.844. The average Bonchev–Trinajstić information content (AvgIpc) is 2.46. The van der Waals surface area contributed by atoms with Crippen LogP contribution in [0.1, 0.15) is 10.4 Å². The summed E-state index contributed by atoms with van der Waals surface area (Å²) in [5.41, 5.74) is 6.77. The van der Waals surface area contributed by atoms with Crippen molar-refractivity contribution in [2.24, 2.45) is 0 Å². The second-order valence-corrected chi connectivity index (χ2v) is 4.90. The summed E-state index contributed by atoms with van der Waals surface area (Å²) in [6, 6.07) is 3.29. The van der Waals surface area contributed by atoms with E-state index in [4.69, 9.17) is 15.2 Å². The van der Waals surface area contributed by atoms with Gasteiger partial charge in [-0.15, -0.1) is 0 Å². The van der Waals surface area contributed by atoms with Gasteiger partial charge in [-0.1, -0.05) is 0 Å². The number of nitrogen functional groups attached to an aromatic ring is 1. The number of likely N-dealkylation sites (N-methyl/N-ethyl adjacent to an activating group) is 1. The van der Waals surface area contributed by atoms with Crippen molar-refractivity contribution in [3.05, 3.63) is 17.7 Å². The van der Waals surface area contributed by atoms with Gasteiger partial charge in [-0.2, -0.15) is 0 Å². The third-order valence-electron chi connectivity index (χ3n) is 3.52. The number of piperazine rings is 1. The minimum absolute atomic E-state index is 0.0689. The number of nitrogens with two attached hydrogens (primary N) is 1. The Balaban J connectivity index is 2.31. The number of hydrogen-bond acceptors (Lipinski definition) is 5. The molecule has 1 saturated heterocycles. The van der Waals surface area contributed by atoms with E-state index in [1.807, 2.05) is 11.9 Å². The van der Waals surface area contributed by atoms with Gasteiger partial charge < -0.3 is 25.0 Å². The Labute approximate surface area is 119 Å². The Morgan fingerprint density at radius 2 is 1.80 bits per heavy atom. The molecule has 0 radical (unpaired) electrons. The Morgan fingerprint density at radius 1 is 1.15 bits per heavy atom. The summed E-state index contributed by atoms with van der Waals surface area (Å²) in [5, 5.41) is 0. The first-order valence-corrected chi connectivity index (χ1v) is 6.56. The van der Waals surface area contributed by atoms with Gasteiger partial charge in [0.05, 0.1) is 19.8 Å². The van der Waals surface area contributed by atoms with Crippen LogP contribution < -0.4 is 15.2 Å². The molecule has 1 aromatic carbocycles. The molecule has 0 unspecified atom stereocenters. The summed E-state index contributed by atoms with van der Waals surface area (Å²) in [7, 11) is 5.10. The maximum Gasteiger partial charge on any atom is 0.257 e. The molecule has 0 aliphatic carbocycles. The van der Waals surface area contributed by atoms with Gasteiger partial charge in [-0.3, -0.25) is 4.79 Å². The number of anilines is 1. The molecule has 2 rings (SSSR count). The topological polar surface area (TPSA) is 68.0 Å². The Hall–Kier alpha value is -1.95. The number of amides is 1. The number of ether oxygens (including phenoxy) is 2. The summed E-state index contributed by atoms with van der Waals surface area (Å²) >= 11 is 0. The monoisotopic (exact) mass is 279 g/mol. The third-order valence-corrected chi connectivity index (χ3v) is 3.52. The minimum atomic E-state index is -0.0689. The van der Waals surface area contributed by atoms with Crippen molar-refractivity contribution in [2.75, 3.05) is 53.2 Å². The van der Waals surface area contributed by atoms with Crippen LogP contribution in [-0.2, 0) is 0 Å². The van der Waals surface area contributed by atoms with Crippen LogP contribution >= 0.6 is 0 Å². The van der Waals surface area contributed by atoms with Crippen LogP contribution in [-0.4, -0.2) is 63.2 Å². The van der Waals surface area contributed by atoms with E-state index in [1.54, 1.807) is 12.1 Å². The van der Waals surface area contributed by atoms with Crippen LogP contribution in [0.3, 0.4) is 0 Å². The normalized spacial score (nSPS) is 16.1. The standard InChI is InChI=1S/C14H21N3O3/c1-16-4-6-17(7-5-16)14(18)11-8-10(15)9-12(19-2)13(11)20-3/h8-9H,4-7,15H2,1-3H3. The lowest BCUT2D eigenvalue weighted by molar-refractivity contribution is 0.0660. The lowest BCUT2D eigenvalue weighted by Crippen LogP contribution is -2.47. The van der Waals surface area contributed by atoms with Crippen molar-refractivity contribution < 1.29 is 14.3 Å². The average molecular weight is 279 g/mol. The van der Waals surface area contributed by atoms with E-state index in [9.17, 15) is 4.79 Å². The molecule has 1 aromatic rings. The zero-order valence-corrected chi connectivity index (χ0v) is 12.2. The first kappa shape index (κ1) is 14.5. The fourth-order valence-corrected chi connectivity index (χ4v) is 2.32. The van der Waals surface area contributed by atoms with Gasteiger partial charge in [0.1, 0.15) is 0 Å². The second kappa shape index (κ2) is 6.00.